The lowest BCUT2D eigenvalue weighted by atomic mass is 10.1. The second-order valence-corrected chi connectivity index (χ2v) is 14.4. The molecule has 0 aliphatic heterocycles. The third-order valence-electron chi connectivity index (χ3n) is 9.15. The molecule has 266 valence electrons. The number of hydrogen-bond acceptors (Lipinski definition) is 3. The molecule has 0 radical (unpaired) electrons. The quantitative estimate of drug-likeness (QED) is 0.145. The van der Waals surface area contributed by atoms with Gasteiger partial charge in [-0.1, -0.05) is 96.5 Å². The van der Waals surface area contributed by atoms with Crippen LogP contribution in [0, 0.1) is 23.7 Å². The molecule has 8 aromatic rings. The van der Waals surface area contributed by atoms with Crippen molar-refractivity contribution in [2.75, 3.05) is 9.80 Å². The van der Waals surface area contributed by atoms with E-state index in [1.165, 1.54) is 0 Å². The molecule has 0 aromatic heterocycles. The maximum absolute atomic E-state index is 13.4. The van der Waals surface area contributed by atoms with Gasteiger partial charge in [0.1, 0.15) is 0 Å². The van der Waals surface area contributed by atoms with Crippen molar-refractivity contribution in [1.29, 1.82) is 0 Å². The number of nitrogens with zero attached hydrogens (tertiary/aromatic N) is 2. The summed E-state index contributed by atoms with van der Waals surface area (Å²) < 4.78 is 13.4. The van der Waals surface area contributed by atoms with Crippen LogP contribution in [0.25, 0.3) is 0 Å². The van der Waals surface area contributed by atoms with E-state index >= 15 is 0 Å². The highest BCUT2D eigenvalue weighted by Crippen LogP contribution is 2.35. The second kappa shape index (κ2) is 17.2. The van der Waals surface area contributed by atoms with Crippen molar-refractivity contribution in [3.63, 3.8) is 0 Å². The predicted molar refractivity (Wildman–Crippen MR) is 232 cm³/mol. The Bertz CT molecular complexity index is 2390. The van der Waals surface area contributed by atoms with Gasteiger partial charge in [-0.3, -0.25) is 0 Å². The normalized spacial score (nSPS) is 10.4. The molecule has 0 spiro atoms. The van der Waals surface area contributed by atoms with Crippen LogP contribution in [0.3, 0.4) is 0 Å². The molecule has 8 aromatic carbocycles. The second-order valence-electron chi connectivity index (χ2n) is 12.9. The van der Waals surface area contributed by atoms with Crippen molar-refractivity contribution >= 4 is 44.9 Å². The largest absolute Gasteiger partial charge is 0.311 e. The van der Waals surface area contributed by atoms with Crippen molar-refractivity contribution in [1.82, 2.24) is 0 Å². The van der Waals surface area contributed by atoms with E-state index in [-0.39, 0.29) is 0 Å². The van der Waals surface area contributed by atoms with Gasteiger partial charge >= 0.3 is 0 Å². The van der Waals surface area contributed by atoms with Gasteiger partial charge in [0.15, 0.2) is 0 Å². The highest BCUT2D eigenvalue weighted by atomic mass is 32.2. The molecule has 0 atom stereocenters. The van der Waals surface area contributed by atoms with Gasteiger partial charge in [0, 0.05) is 66.2 Å². The van der Waals surface area contributed by atoms with Crippen LogP contribution in [0.1, 0.15) is 22.3 Å². The fourth-order valence-corrected chi connectivity index (χ4v) is 7.38. The zero-order chi connectivity index (χ0) is 37.9. The molecule has 0 unspecified atom stereocenters. The Morgan fingerprint density at radius 1 is 0.268 bits per heavy atom. The monoisotopic (exact) mass is 736 g/mol. The van der Waals surface area contributed by atoms with E-state index in [0.29, 0.717) is 0 Å². The lowest BCUT2D eigenvalue weighted by Gasteiger charge is -2.25. The van der Waals surface area contributed by atoms with Gasteiger partial charge in [-0.15, -0.1) is 0 Å². The summed E-state index contributed by atoms with van der Waals surface area (Å²) in [6.45, 7) is 0. The lowest BCUT2D eigenvalue weighted by molar-refractivity contribution is 0.683. The van der Waals surface area contributed by atoms with Gasteiger partial charge in [0.05, 0.1) is 10.8 Å². The van der Waals surface area contributed by atoms with Crippen molar-refractivity contribution in [2.45, 2.75) is 9.79 Å². The molecule has 0 saturated carbocycles. The van der Waals surface area contributed by atoms with Gasteiger partial charge < -0.3 is 9.80 Å². The van der Waals surface area contributed by atoms with Crippen LogP contribution in [0.5, 0.6) is 0 Å². The van der Waals surface area contributed by atoms with Gasteiger partial charge in [-0.25, -0.2) is 4.21 Å². The molecule has 0 fully saturated rings. The fourth-order valence-electron chi connectivity index (χ4n) is 6.34. The number of rotatable bonds is 8. The Balaban J connectivity index is 0.908. The van der Waals surface area contributed by atoms with Crippen LogP contribution in [0.4, 0.5) is 34.1 Å². The first kappa shape index (κ1) is 35.6. The van der Waals surface area contributed by atoms with Gasteiger partial charge in [-0.2, -0.15) is 0 Å². The Hall–Kier alpha value is -7.37. The number of benzene rings is 8. The molecule has 0 aliphatic carbocycles. The first-order valence-corrected chi connectivity index (χ1v) is 19.5. The van der Waals surface area contributed by atoms with Crippen molar-refractivity contribution < 1.29 is 4.21 Å². The highest BCUT2D eigenvalue weighted by molar-refractivity contribution is 7.85. The average Bonchev–Trinajstić information content (AvgIpc) is 3.28. The van der Waals surface area contributed by atoms with Crippen LogP contribution >= 0.6 is 0 Å². The Labute approximate surface area is 331 Å². The minimum atomic E-state index is -1.33. The molecule has 0 N–H and O–H groups in total. The molecule has 8 rings (SSSR count). The van der Waals surface area contributed by atoms with Crippen molar-refractivity contribution in [2.24, 2.45) is 0 Å². The minimum Gasteiger partial charge on any atom is -0.311 e. The summed E-state index contributed by atoms with van der Waals surface area (Å²) in [4.78, 5) is 5.90. The summed E-state index contributed by atoms with van der Waals surface area (Å²) in [5.41, 5.74) is 10.0. The van der Waals surface area contributed by atoms with Crippen molar-refractivity contribution in [3.05, 3.63) is 241 Å². The fraction of sp³-hybridized carbons (Fsp3) is 0. The topological polar surface area (TPSA) is 23.6 Å². The molecule has 0 heterocycles. The van der Waals surface area contributed by atoms with Crippen LogP contribution in [-0.2, 0) is 10.8 Å². The summed E-state index contributed by atoms with van der Waals surface area (Å²) in [6, 6.07) is 73.1. The Kier molecular flexibility index (Phi) is 10.9. The first-order chi connectivity index (χ1) is 27.7. The summed E-state index contributed by atoms with van der Waals surface area (Å²) >= 11 is 0. The van der Waals surface area contributed by atoms with E-state index in [1.54, 1.807) is 0 Å². The number of para-hydroxylation sites is 4. The molecule has 3 nitrogen and oxygen atoms in total. The van der Waals surface area contributed by atoms with Gasteiger partial charge in [0.2, 0.25) is 0 Å². The molecule has 0 amide bonds. The Morgan fingerprint density at radius 3 is 0.732 bits per heavy atom. The molecule has 0 bridgehead atoms. The van der Waals surface area contributed by atoms with Crippen LogP contribution < -0.4 is 9.80 Å². The first-order valence-electron chi connectivity index (χ1n) is 18.3. The maximum atomic E-state index is 13.4. The van der Waals surface area contributed by atoms with E-state index in [0.717, 1.165) is 66.2 Å². The molecular weight excluding hydrogens is 701 g/mol. The third kappa shape index (κ3) is 8.54. The smallest absolute Gasteiger partial charge is 0.0849 e. The standard InChI is InChI=1S/C52H36N2OS/c55-56(51-37-29-43(30-38-51)23-21-41-25-33-49(34-26-41)53(45-13-5-1-6-14-45)46-15-7-2-8-16-46)52-39-31-44(32-40-52)24-22-42-27-35-50(36-28-42)54(47-17-9-3-10-18-47)48-19-11-4-12-20-48/h1-20,25-40H. The SMILES string of the molecule is O=S(c1ccc(C#Cc2ccc(N(c3ccccc3)c3ccccc3)cc2)cc1)c1ccc(C#Cc2ccc(N(c3ccccc3)c3ccccc3)cc2)cc1. The molecular formula is C52H36N2OS. The summed E-state index contributed by atoms with van der Waals surface area (Å²) in [5.74, 6) is 13.1. The average molecular weight is 737 g/mol. The van der Waals surface area contributed by atoms with Crippen LogP contribution in [0.15, 0.2) is 228 Å². The zero-order valence-corrected chi connectivity index (χ0v) is 31.3. The van der Waals surface area contributed by atoms with E-state index in [1.807, 2.05) is 146 Å². The van der Waals surface area contributed by atoms with E-state index < -0.39 is 10.8 Å². The molecule has 4 heteroatoms. The lowest BCUT2D eigenvalue weighted by Crippen LogP contribution is -2.09. The van der Waals surface area contributed by atoms with E-state index in [4.69, 9.17) is 0 Å². The molecule has 56 heavy (non-hydrogen) atoms. The van der Waals surface area contributed by atoms with E-state index in [9.17, 15) is 4.21 Å². The maximum Gasteiger partial charge on any atom is 0.0849 e. The highest BCUT2D eigenvalue weighted by Gasteiger charge is 2.13. The van der Waals surface area contributed by atoms with Crippen LogP contribution in [-0.4, -0.2) is 4.21 Å². The summed E-state index contributed by atoms with van der Waals surface area (Å²) in [7, 11) is -1.33. The number of anilines is 6. The predicted octanol–water partition coefficient (Wildman–Crippen LogP) is 12.6. The molecule has 0 saturated heterocycles. The summed E-state index contributed by atoms with van der Waals surface area (Å²) in [6.07, 6.45) is 0. The third-order valence-corrected chi connectivity index (χ3v) is 10.5. The molecule has 0 aliphatic rings. The number of hydrogen-bond donors (Lipinski definition) is 0. The van der Waals surface area contributed by atoms with Gasteiger partial charge in [-0.05, 0) is 146 Å². The van der Waals surface area contributed by atoms with Crippen molar-refractivity contribution in [3.8, 4) is 23.7 Å². The minimum absolute atomic E-state index is 0.723. The van der Waals surface area contributed by atoms with Crippen LogP contribution in [0.2, 0.25) is 0 Å². The zero-order valence-electron chi connectivity index (χ0n) is 30.5. The Morgan fingerprint density at radius 2 is 0.482 bits per heavy atom. The van der Waals surface area contributed by atoms with Gasteiger partial charge in [0.25, 0.3) is 0 Å². The summed E-state index contributed by atoms with van der Waals surface area (Å²) in [5, 5.41) is 0. The van der Waals surface area contributed by atoms with E-state index in [2.05, 4.69) is 106 Å².